The van der Waals surface area contributed by atoms with E-state index in [4.69, 9.17) is 4.42 Å². The van der Waals surface area contributed by atoms with E-state index in [1.165, 1.54) is 6.39 Å². The summed E-state index contributed by atoms with van der Waals surface area (Å²) >= 11 is 0. The normalized spacial score (nSPS) is 10.5. The SMILES string of the molecule is CCN(CC)C(=O)c1ccc(CNC(=O)c2ccc(-c3cnco3)cc2)cc1. The fourth-order valence-electron chi connectivity index (χ4n) is 2.89. The molecule has 0 aliphatic rings. The Labute approximate surface area is 164 Å². The summed E-state index contributed by atoms with van der Waals surface area (Å²) in [4.78, 5) is 30.3. The third-order valence-corrected chi connectivity index (χ3v) is 4.57. The Morgan fingerprint density at radius 2 is 1.61 bits per heavy atom. The van der Waals surface area contributed by atoms with E-state index in [-0.39, 0.29) is 11.8 Å². The van der Waals surface area contributed by atoms with Crippen molar-refractivity contribution in [2.45, 2.75) is 20.4 Å². The topological polar surface area (TPSA) is 75.4 Å². The average molecular weight is 377 g/mol. The number of hydrogen-bond donors (Lipinski definition) is 1. The summed E-state index contributed by atoms with van der Waals surface area (Å²) in [5, 5.41) is 2.89. The molecule has 2 aromatic carbocycles. The first-order chi connectivity index (χ1) is 13.6. The number of amides is 2. The first-order valence-electron chi connectivity index (χ1n) is 9.27. The third-order valence-electron chi connectivity index (χ3n) is 4.57. The van der Waals surface area contributed by atoms with Crippen LogP contribution in [0.4, 0.5) is 0 Å². The van der Waals surface area contributed by atoms with E-state index in [0.717, 1.165) is 11.1 Å². The van der Waals surface area contributed by atoms with Crippen molar-refractivity contribution in [1.82, 2.24) is 15.2 Å². The van der Waals surface area contributed by atoms with Gasteiger partial charge in [0.1, 0.15) is 0 Å². The van der Waals surface area contributed by atoms with Crippen LogP contribution in [-0.2, 0) is 6.54 Å². The maximum Gasteiger partial charge on any atom is 0.253 e. The van der Waals surface area contributed by atoms with E-state index in [1.807, 2.05) is 38.1 Å². The van der Waals surface area contributed by atoms with Crippen molar-refractivity contribution in [2.24, 2.45) is 0 Å². The lowest BCUT2D eigenvalue weighted by molar-refractivity contribution is 0.0772. The number of hydrogen-bond acceptors (Lipinski definition) is 4. The van der Waals surface area contributed by atoms with Gasteiger partial charge in [-0.3, -0.25) is 9.59 Å². The summed E-state index contributed by atoms with van der Waals surface area (Å²) in [5.41, 5.74) is 3.02. The van der Waals surface area contributed by atoms with Gasteiger partial charge >= 0.3 is 0 Å². The zero-order valence-corrected chi connectivity index (χ0v) is 16.0. The second kappa shape index (κ2) is 8.99. The maximum atomic E-state index is 12.4. The van der Waals surface area contributed by atoms with Crippen molar-refractivity contribution in [3.05, 3.63) is 77.8 Å². The number of aromatic nitrogens is 1. The molecule has 2 amide bonds. The molecular weight excluding hydrogens is 354 g/mol. The van der Waals surface area contributed by atoms with Gasteiger partial charge in [-0.05, 0) is 43.7 Å². The number of oxazole rings is 1. The molecule has 6 nitrogen and oxygen atoms in total. The molecule has 1 N–H and O–H groups in total. The number of rotatable bonds is 7. The minimum absolute atomic E-state index is 0.0208. The Balaban J connectivity index is 1.58. The Morgan fingerprint density at radius 1 is 0.964 bits per heavy atom. The quantitative estimate of drug-likeness (QED) is 0.680. The Morgan fingerprint density at radius 3 is 2.18 bits per heavy atom. The second-order valence-corrected chi connectivity index (χ2v) is 6.30. The van der Waals surface area contributed by atoms with Crippen LogP contribution in [0.1, 0.15) is 40.1 Å². The summed E-state index contributed by atoms with van der Waals surface area (Å²) in [7, 11) is 0. The molecule has 0 fully saturated rings. The Hall–Kier alpha value is -3.41. The van der Waals surface area contributed by atoms with Crippen LogP contribution in [-0.4, -0.2) is 34.8 Å². The minimum Gasteiger partial charge on any atom is -0.444 e. The summed E-state index contributed by atoms with van der Waals surface area (Å²) in [6, 6.07) is 14.5. The van der Waals surface area contributed by atoms with Crippen molar-refractivity contribution < 1.29 is 14.0 Å². The molecule has 3 aromatic rings. The molecule has 0 spiro atoms. The third kappa shape index (κ3) is 4.46. The van der Waals surface area contributed by atoms with Crippen molar-refractivity contribution in [2.75, 3.05) is 13.1 Å². The van der Waals surface area contributed by atoms with Crippen molar-refractivity contribution in [1.29, 1.82) is 0 Å². The summed E-state index contributed by atoms with van der Waals surface area (Å²) in [5.74, 6) is 0.520. The van der Waals surface area contributed by atoms with Gasteiger partial charge in [0.2, 0.25) is 0 Å². The molecule has 6 heteroatoms. The van der Waals surface area contributed by atoms with Crippen LogP contribution in [0.25, 0.3) is 11.3 Å². The highest BCUT2D eigenvalue weighted by molar-refractivity contribution is 5.95. The lowest BCUT2D eigenvalue weighted by Gasteiger charge is -2.18. The molecule has 0 saturated carbocycles. The van der Waals surface area contributed by atoms with Crippen LogP contribution in [0.15, 0.2) is 65.5 Å². The molecule has 1 heterocycles. The second-order valence-electron chi connectivity index (χ2n) is 6.30. The highest BCUT2D eigenvalue weighted by Crippen LogP contribution is 2.19. The number of nitrogens with zero attached hydrogens (tertiary/aromatic N) is 2. The molecule has 0 unspecified atom stereocenters. The van der Waals surface area contributed by atoms with Gasteiger partial charge in [0.15, 0.2) is 12.2 Å². The van der Waals surface area contributed by atoms with Crippen LogP contribution >= 0.6 is 0 Å². The van der Waals surface area contributed by atoms with Gasteiger partial charge in [0.25, 0.3) is 11.8 Å². The first-order valence-corrected chi connectivity index (χ1v) is 9.27. The molecule has 28 heavy (non-hydrogen) atoms. The van der Waals surface area contributed by atoms with Crippen molar-refractivity contribution >= 4 is 11.8 Å². The molecular formula is C22H23N3O3. The predicted octanol–water partition coefficient (Wildman–Crippen LogP) is 3.75. The number of benzene rings is 2. The molecule has 0 bridgehead atoms. The fourth-order valence-corrected chi connectivity index (χ4v) is 2.89. The molecule has 0 radical (unpaired) electrons. The van der Waals surface area contributed by atoms with Crippen LogP contribution in [0.3, 0.4) is 0 Å². The van der Waals surface area contributed by atoms with Gasteiger partial charge in [-0.25, -0.2) is 4.98 Å². The lowest BCUT2D eigenvalue weighted by Crippen LogP contribution is -2.30. The first kappa shape index (κ1) is 19.4. The minimum atomic E-state index is -0.160. The average Bonchev–Trinajstić information content (AvgIpc) is 3.28. The van der Waals surface area contributed by atoms with Gasteiger partial charge in [-0.15, -0.1) is 0 Å². The van der Waals surface area contributed by atoms with E-state index in [2.05, 4.69) is 10.3 Å². The van der Waals surface area contributed by atoms with Crippen LogP contribution in [0, 0.1) is 0 Å². The summed E-state index contributed by atoms with van der Waals surface area (Å²) in [6.07, 6.45) is 3.00. The summed E-state index contributed by atoms with van der Waals surface area (Å²) in [6.45, 7) is 5.68. The molecule has 1 aromatic heterocycles. The monoisotopic (exact) mass is 377 g/mol. The van der Waals surface area contributed by atoms with E-state index in [1.54, 1.807) is 35.4 Å². The van der Waals surface area contributed by atoms with E-state index >= 15 is 0 Å². The molecule has 0 saturated heterocycles. The summed E-state index contributed by atoms with van der Waals surface area (Å²) < 4.78 is 5.24. The Kier molecular flexibility index (Phi) is 6.22. The van der Waals surface area contributed by atoms with E-state index in [9.17, 15) is 9.59 Å². The van der Waals surface area contributed by atoms with E-state index < -0.39 is 0 Å². The highest BCUT2D eigenvalue weighted by atomic mass is 16.3. The van der Waals surface area contributed by atoms with Gasteiger partial charge in [-0.1, -0.05) is 24.3 Å². The fraction of sp³-hybridized carbons (Fsp3) is 0.227. The van der Waals surface area contributed by atoms with Crippen LogP contribution < -0.4 is 5.32 Å². The van der Waals surface area contributed by atoms with Crippen LogP contribution in [0.2, 0.25) is 0 Å². The van der Waals surface area contributed by atoms with Crippen molar-refractivity contribution in [3.63, 3.8) is 0 Å². The highest BCUT2D eigenvalue weighted by Gasteiger charge is 2.12. The molecule has 0 aliphatic heterocycles. The molecule has 144 valence electrons. The number of carbonyl (C=O) groups is 2. The molecule has 0 aliphatic carbocycles. The predicted molar refractivity (Wildman–Crippen MR) is 107 cm³/mol. The largest absolute Gasteiger partial charge is 0.444 e. The van der Waals surface area contributed by atoms with Gasteiger partial charge < -0.3 is 14.6 Å². The molecule has 3 rings (SSSR count). The number of carbonyl (C=O) groups excluding carboxylic acids is 2. The maximum absolute atomic E-state index is 12.4. The Bertz CT molecular complexity index is 913. The van der Waals surface area contributed by atoms with Crippen molar-refractivity contribution in [3.8, 4) is 11.3 Å². The van der Waals surface area contributed by atoms with Gasteiger partial charge in [0.05, 0.1) is 6.20 Å². The number of nitrogens with one attached hydrogen (secondary N) is 1. The zero-order chi connectivity index (χ0) is 19.9. The standard InChI is InChI=1S/C22H23N3O3/c1-3-25(4-2)22(27)19-7-5-16(6-8-19)13-24-21(26)18-11-9-17(10-12-18)20-14-23-15-28-20/h5-12,14-15H,3-4,13H2,1-2H3,(H,24,26). The molecule has 0 atom stereocenters. The van der Waals surface area contributed by atoms with Crippen LogP contribution in [0.5, 0.6) is 0 Å². The smallest absolute Gasteiger partial charge is 0.253 e. The van der Waals surface area contributed by atoms with Gasteiger partial charge in [0, 0.05) is 36.3 Å². The van der Waals surface area contributed by atoms with E-state index in [0.29, 0.717) is 36.5 Å². The van der Waals surface area contributed by atoms with Gasteiger partial charge in [-0.2, -0.15) is 0 Å². The zero-order valence-electron chi connectivity index (χ0n) is 16.0. The lowest BCUT2D eigenvalue weighted by atomic mass is 10.1.